The van der Waals surface area contributed by atoms with Crippen LogP contribution in [-0.2, 0) is 17.5 Å². The van der Waals surface area contributed by atoms with Gasteiger partial charge in [-0.2, -0.15) is 27.8 Å². The smallest absolute Gasteiger partial charge is 0.342 e. The van der Waals surface area contributed by atoms with Crippen LogP contribution < -0.4 is 0 Å². The number of amides is 1. The highest BCUT2D eigenvalue weighted by atomic mass is 19.4. The molecule has 0 saturated carbocycles. The SMILES string of the molecule is O=C(CCn1ccnc1)N1CCCC(c2cc(C(F)(F)F)n3ncnc3n2)C1. The highest BCUT2D eigenvalue weighted by Gasteiger charge is 2.36. The number of aryl methyl sites for hydroxylation is 1. The molecular formula is C17H18F3N7O. The van der Waals surface area contributed by atoms with Crippen molar-refractivity contribution < 1.29 is 18.0 Å². The molecule has 4 rings (SSSR count). The summed E-state index contributed by atoms with van der Waals surface area (Å²) in [5, 5.41) is 3.61. The quantitative estimate of drug-likeness (QED) is 0.678. The van der Waals surface area contributed by atoms with Crippen LogP contribution in [0.5, 0.6) is 0 Å². The van der Waals surface area contributed by atoms with Crippen LogP contribution in [0.1, 0.15) is 36.6 Å². The first-order valence-corrected chi connectivity index (χ1v) is 8.93. The molecule has 1 atom stereocenters. The van der Waals surface area contributed by atoms with E-state index in [-0.39, 0.29) is 17.6 Å². The molecule has 3 aromatic heterocycles. The number of imidazole rings is 1. The van der Waals surface area contributed by atoms with Crippen LogP contribution in [0.15, 0.2) is 31.1 Å². The van der Waals surface area contributed by atoms with Crippen molar-refractivity contribution in [2.75, 3.05) is 13.1 Å². The van der Waals surface area contributed by atoms with Gasteiger partial charge in [0, 0.05) is 44.4 Å². The van der Waals surface area contributed by atoms with Gasteiger partial charge in [-0.3, -0.25) is 4.79 Å². The minimum Gasteiger partial charge on any atom is -0.342 e. The number of carbonyl (C=O) groups excluding carboxylic acids is 1. The lowest BCUT2D eigenvalue weighted by atomic mass is 9.94. The van der Waals surface area contributed by atoms with Crippen molar-refractivity contribution in [3.63, 3.8) is 0 Å². The average Bonchev–Trinajstić information content (AvgIpc) is 3.36. The van der Waals surface area contributed by atoms with Crippen molar-refractivity contribution in [1.29, 1.82) is 0 Å². The first-order chi connectivity index (χ1) is 13.4. The summed E-state index contributed by atoms with van der Waals surface area (Å²) >= 11 is 0. The van der Waals surface area contributed by atoms with Crippen LogP contribution in [0.25, 0.3) is 5.78 Å². The van der Waals surface area contributed by atoms with E-state index in [9.17, 15) is 18.0 Å². The number of piperidine rings is 1. The fourth-order valence-corrected chi connectivity index (χ4v) is 3.49. The third kappa shape index (κ3) is 3.69. The summed E-state index contributed by atoms with van der Waals surface area (Å²) in [6.45, 7) is 1.46. The van der Waals surface area contributed by atoms with Crippen LogP contribution in [0.2, 0.25) is 0 Å². The molecule has 0 aliphatic carbocycles. The summed E-state index contributed by atoms with van der Waals surface area (Å²) in [6, 6.07) is 1.02. The predicted octanol–water partition coefficient (Wildman–Crippen LogP) is 2.14. The van der Waals surface area contributed by atoms with Gasteiger partial charge in [0.1, 0.15) is 6.33 Å². The molecule has 1 aliphatic heterocycles. The van der Waals surface area contributed by atoms with E-state index in [2.05, 4.69) is 20.1 Å². The Hall–Kier alpha value is -2.98. The van der Waals surface area contributed by atoms with E-state index in [1.807, 2.05) is 4.57 Å². The maximum absolute atomic E-state index is 13.4. The van der Waals surface area contributed by atoms with Gasteiger partial charge >= 0.3 is 6.18 Å². The summed E-state index contributed by atoms with van der Waals surface area (Å²) in [5.41, 5.74) is -0.617. The Morgan fingerprint density at radius 1 is 1.32 bits per heavy atom. The molecule has 1 saturated heterocycles. The van der Waals surface area contributed by atoms with Crippen LogP contribution >= 0.6 is 0 Å². The summed E-state index contributed by atoms with van der Waals surface area (Å²) in [5.74, 6) is -0.389. The van der Waals surface area contributed by atoms with Crippen LogP contribution in [0, 0.1) is 0 Å². The van der Waals surface area contributed by atoms with E-state index in [0.717, 1.165) is 12.4 Å². The van der Waals surface area contributed by atoms with Gasteiger partial charge in [0.2, 0.25) is 5.91 Å². The second-order valence-electron chi connectivity index (χ2n) is 6.77. The van der Waals surface area contributed by atoms with Gasteiger partial charge in [-0.05, 0) is 18.9 Å². The highest BCUT2D eigenvalue weighted by molar-refractivity contribution is 5.76. The third-order valence-electron chi connectivity index (χ3n) is 4.90. The van der Waals surface area contributed by atoms with Crippen molar-refractivity contribution in [1.82, 2.24) is 34.0 Å². The number of rotatable bonds is 4. The van der Waals surface area contributed by atoms with Crippen molar-refractivity contribution in [2.45, 2.75) is 37.9 Å². The average molecular weight is 393 g/mol. The zero-order valence-electron chi connectivity index (χ0n) is 14.9. The molecule has 0 spiro atoms. The second kappa shape index (κ2) is 7.21. The molecule has 0 radical (unpaired) electrons. The molecule has 1 aliphatic rings. The van der Waals surface area contributed by atoms with Crippen LogP contribution in [-0.4, -0.2) is 53.0 Å². The number of nitrogens with zero attached hydrogens (tertiary/aromatic N) is 7. The maximum atomic E-state index is 13.4. The number of likely N-dealkylation sites (tertiary alicyclic amines) is 1. The number of alkyl halides is 3. The van der Waals surface area contributed by atoms with Crippen LogP contribution in [0.3, 0.4) is 0 Å². The summed E-state index contributed by atoms with van der Waals surface area (Å²) in [7, 11) is 0. The molecule has 8 nitrogen and oxygen atoms in total. The van der Waals surface area contributed by atoms with Crippen molar-refractivity contribution in [3.05, 3.63) is 42.5 Å². The molecule has 3 aromatic rings. The predicted molar refractivity (Wildman–Crippen MR) is 91.2 cm³/mol. The topological polar surface area (TPSA) is 81.2 Å². The molecular weight excluding hydrogens is 375 g/mol. The van der Waals surface area contributed by atoms with Crippen molar-refractivity contribution >= 4 is 11.7 Å². The van der Waals surface area contributed by atoms with E-state index in [4.69, 9.17) is 0 Å². The number of fused-ring (bicyclic) bond motifs is 1. The number of aromatic nitrogens is 6. The van der Waals surface area contributed by atoms with Crippen LogP contribution in [0.4, 0.5) is 13.2 Å². The Morgan fingerprint density at radius 2 is 2.18 bits per heavy atom. The normalized spacial score (nSPS) is 18.0. The number of hydrogen-bond acceptors (Lipinski definition) is 5. The second-order valence-corrected chi connectivity index (χ2v) is 6.77. The first kappa shape index (κ1) is 18.4. The Bertz CT molecular complexity index is 967. The minimum absolute atomic E-state index is 0.0296. The van der Waals surface area contributed by atoms with Gasteiger partial charge in [-0.25, -0.2) is 9.97 Å². The molecule has 11 heteroatoms. The Kier molecular flexibility index (Phi) is 4.73. The molecule has 1 fully saturated rings. The van der Waals surface area contributed by atoms with E-state index >= 15 is 0 Å². The minimum atomic E-state index is -4.57. The van der Waals surface area contributed by atoms with E-state index in [0.29, 0.717) is 49.1 Å². The summed E-state index contributed by atoms with van der Waals surface area (Å²) < 4.78 is 42.7. The van der Waals surface area contributed by atoms with E-state index < -0.39 is 11.9 Å². The van der Waals surface area contributed by atoms with Gasteiger partial charge in [0.05, 0.1) is 12.0 Å². The molecule has 0 aromatic carbocycles. The molecule has 0 bridgehead atoms. The highest BCUT2D eigenvalue weighted by Crippen LogP contribution is 2.33. The van der Waals surface area contributed by atoms with Gasteiger partial charge in [-0.1, -0.05) is 0 Å². The lowest BCUT2D eigenvalue weighted by Gasteiger charge is -2.32. The molecule has 4 heterocycles. The van der Waals surface area contributed by atoms with Gasteiger partial charge in [0.15, 0.2) is 5.69 Å². The van der Waals surface area contributed by atoms with Crippen molar-refractivity contribution in [2.24, 2.45) is 0 Å². The number of hydrogen-bond donors (Lipinski definition) is 0. The lowest BCUT2D eigenvalue weighted by molar-refractivity contribution is -0.143. The summed E-state index contributed by atoms with van der Waals surface area (Å²) in [4.78, 5) is 26.2. The fraction of sp³-hybridized carbons (Fsp3) is 0.471. The number of carbonyl (C=O) groups is 1. The van der Waals surface area contributed by atoms with Gasteiger partial charge in [0.25, 0.3) is 5.78 Å². The van der Waals surface area contributed by atoms with E-state index in [1.54, 1.807) is 23.6 Å². The number of halogens is 3. The standard InChI is InChI=1S/C17H18F3N7O/c18-17(19,20)14-8-13(24-16-22-10-23-27(14)16)12-2-1-5-26(9-12)15(28)3-6-25-7-4-21-11-25/h4,7-8,10-12H,1-3,5-6,9H2. The monoisotopic (exact) mass is 393 g/mol. The van der Waals surface area contributed by atoms with Gasteiger partial charge < -0.3 is 9.47 Å². The third-order valence-corrected chi connectivity index (χ3v) is 4.90. The van der Waals surface area contributed by atoms with E-state index in [1.165, 1.54) is 0 Å². The zero-order chi connectivity index (χ0) is 19.7. The first-order valence-electron chi connectivity index (χ1n) is 8.93. The molecule has 1 amide bonds. The molecule has 0 N–H and O–H groups in total. The summed E-state index contributed by atoms with van der Waals surface area (Å²) in [6.07, 6.45) is 3.24. The molecule has 28 heavy (non-hydrogen) atoms. The van der Waals surface area contributed by atoms with Crippen molar-refractivity contribution in [3.8, 4) is 0 Å². The zero-order valence-corrected chi connectivity index (χ0v) is 14.9. The van der Waals surface area contributed by atoms with Gasteiger partial charge in [-0.15, -0.1) is 0 Å². The molecule has 148 valence electrons. The maximum Gasteiger partial charge on any atom is 0.433 e. The fourth-order valence-electron chi connectivity index (χ4n) is 3.49. The Labute approximate surface area is 158 Å². The lowest BCUT2D eigenvalue weighted by Crippen LogP contribution is -2.39. The Balaban J connectivity index is 1.52. The largest absolute Gasteiger partial charge is 0.433 e. The Morgan fingerprint density at radius 3 is 2.93 bits per heavy atom. The molecule has 1 unspecified atom stereocenters.